The number of carbonyl (C=O) groups is 2. The summed E-state index contributed by atoms with van der Waals surface area (Å²) in [6, 6.07) is -0.391. The van der Waals surface area contributed by atoms with Gasteiger partial charge in [0.15, 0.2) is 0 Å². The molecule has 4 nitrogen and oxygen atoms in total. The van der Waals surface area contributed by atoms with Crippen LogP contribution in [0.1, 0.15) is 20.3 Å². The van der Waals surface area contributed by atoms with Gasteiger partial charge in [-0.15, -0.1) is 0 Å². The van der Waals surface area contributed by atoms with Crippen molar-refractivity contribution in [3.8, 4) is 0 Å². The number of rotatable bonds is 3. The lowest BCUT2D eigenvalue weighted by Crippen LogP contribution is -2.44. The van der Waals surface area contributed by atoms with Crippen LogP contribution < -0.4 is 10.6 Å². The number of hydrogen-bond acceptors (Lipinski definition) is 2. The monoisotopic (exact) mass is 158 g/mol. The van der Waals surface area contributed by atoms with Crippen molar-refractivity contribution >= 4 is 11.8 Å². The first-order valence-electron chi connectivity index (χ1n) is 3.60. The second kappa shape index (κ2) is 4.71. The topological polar surface area (TPSA) is 58.2 Å². The molecule has 0 bridgehead atoms. The molecule has 0 radical (unpaired) electrons. The lowest BCUT2D eigenvalue weighted by Gasteiger charge is -2.13. The number of carbonyl (C=O) groups excluding carboxylic acids is 2. The van der Waals surface area contributed by atoms with Crippen molar-refractivity contribution in [1.82, 2.24) is 10.6 Å². The largest absolute Gasteiger partial charge is 0.357 e. The van der Waals surface area contributed by atoms with Crippen LogP contribution in [0.25, 0.3) is 0 Å². The molecule has 0 heterocycles. The van der Waals surface area contributed by atoms with Crippen LogP contribution in [0.15, 0.2) is 0 Å². The smallest absolute Gasteiger partial charge is 0.242 e. The van der Waals surface area contributed by atoms with Crippen LogP contribution in [0, 0.1) is 0 Å². The molecule has 0 rings (SSSR count). The second-order valence-corrected chi connectivity index (χ2v) is 2.28. The van der Waals surface area contributed by atoms with Crippen LogP contribution in [-0.2, 0) is 9.59 Å². The van der Waals surface area contributed by atoms with E-state index in [-0.39, 0.29) is 11.8 Å². The Hall–Kier alpha value is -1.06. The minimum atomic E-state index is -0.391. The Kier molecular flexibility index (Phi) is 4.26. The molecule has 0 aromatic rings. The zero-order chi connectivity index (χ0) is 8.85. The zero-order valence-corrected chi connectivity index (χ0v) is 7.10. The van der Waals surface area contributed by atoms with Crippen LogP contribution >= 0.6 is 0 Å². The maximum atomic E-state index is 11.0. The summed E-state index contributed by atoms with van der Waals surface area (Å²) in [6.07, 6.45) is 0.610. The predicted octanol–water partition coefficient (Wildman–Crippen LogP) is -0.353. The van der Waals surface area contributed by atoms with E-state index >= 15 is 0 Å². The summed E-state index contributed by atoms with van der Waals surface area (Å²) in [7, 11) is 1.55. The Morgan fingerprint density at radius 1 is 1.45 bits per heavy atom. The number of amides is 2. The minimum Gasteiger partial charge on any atom is -0.357 e. The summed E-state index contributed by atoms with van der Waals surface area (Å²) < 4.78 is 0. The third-order valence-corrected chi connectivity index (χ3v) is 1.35. The fraction of sp³-hybridized carbons (Fsp3) is 0.714. The number of likely N-dealkylation sites (N-methyl/N-ethyl adjacent to an activating group) is 1. The highest BCUT2D eigenvalue weighted by atomic mass is 16.2. The third kappa shape index (κ3) is 3.60. The summed E-state index contributed by atoms with van der Waals surface area (Å²) in [5.41, 5.74) is 0. The molecule has 1 unspecified atom stereocenters. The van der Waals surface area contributed by atoms with Crippen molar-refractivity contribution in [2.75, 3.05) is 7.05 Å². The van der Waals surface area contributed by atoms with E-state index in [1.807, 2.05) is 6.92 Å². The molecule has 0 aliphatic heterocycles. The van der Waals surface area contributed by atoms with Crippen LogP contribution in [0.3, 0.4) is 0 Å². The molecule has 2 amide bonds. The van der Waals surface area contributed by atoms with Crippen molar-refractivity contribution < 1.29 is 9.59 Å². The molecular formula is C7H14N2O2. The van der Waals surface area contributed by atoms with E-state index < -0.39 is 6.04 Å². The highest BCUT2D eigenvalue weighted by Gasteiger charge is 2.14. The molecule has 2 N–H and O–H groups in total. The van der Waals surface area contributed by atoms with E-state index in [2.05, 4.69) is 10.6 Å². The van der Waals surface area contributed by atoms with Crippen LogP contribution in [-0.4, -0.2) is 24.9 Å². The SMILES string of the molecule is CCC(NC(C)=O)C(=O)NC. The Labute approximate surface area is 66.4 Å². The Morgan fingerprint density at radius 3 is 2.27 bits per heavy atom. The van der Waals surface area contributed by atoms with Crippen molar-refractivity contribution in [3.05, 3.63) is 0 Å². The van der Waals surface area contributed by atoms with Gasteiger partial charge in [-0.2, -0.15) is 0 Å². The van der Waals surface area contributed by atoms with Gasteiger partial charge in [0.2, 0.25) is 11.8 Å². The van der Waals surface area contributed by atoms with Gasteiger partial charge in [0.25, 0.3) is 0 Å². The van der Waals surface area contributed by atoms with Gasteiger partial charge in [-0.05, 0) is 6.42 Å². The van der Waals surface area contributed by atoms with E-state index in [1.54, 1.807) is 7.05 Å². The van der Waals surface area contributed by atoms with E-state index in [0.29, 0.717) is 6.42 Å². The average Bonchev–Trinajstić information content (AvgIpc) is 1.98. The summed E-state index contributed by atoms with van der Waals surface area (Å²) in [4.78, 5) is 21.5. The van der Waals surface area contributed by atoms with E-state index in [9.17, 15) is 9.59 Å². The fourth-order valence-corrected chi connectivity index (χ4v) is 0.773. The standard InChI is InChI=1S/C7H14N2O2/c1-4-6(7(11)8-3)9-5(2)10/h6H,4H2,1-3H3,(H,8,11)(H,9,10). The van der Waals surface area contributed by atoms with Crippen LogP contribution in [0.5, 0.6) is 0 Å². The Balaban J connectivity index is 3.94. The normalized spacial score (nSPS) is 11.9. The molecule has 11 heavy (non-hydrogen) atoms. The molecule has 0 aromatic carbocycles. The minimum absolute atomic E-state index is 0.150. The average molecular weight is 158 g/mol. The quantitative estimate of drug-likeness (QED) is 0.589. The molecule has 0 aliphatic rings. The zero-order valence-electron chi connectivity index (χ0n) is 7.10. The summed E-state index contributed by atoms with van der Waals surface area (Å²) in [5, 5.41) is 5.00. The first-order chi connectivity index (χ1) is 5.11. The maximum Gasteiger partial charge on any atom is 0.242 e. The molecule has 64 valence electrons. The second-order valence-electron chi connectivity index (χ2n) is 2.28. The summed E-state index contributed by atoms with van der Waals surface area (Å²) >= 11 is 0. The number of nitrogens with one attached hydrogen (secondary N) is 2. The van der Waals surface area contributed by atoms with Crippen LogP contribution in [0.2, 0.25) is 0 Å². The highest BCUT2D eigenvalue weighted by Crippen LogP contribution is 1.89. The van der Waals surface area contributed by atoms with Gasteiger partial charge >= 0.3 is 0 Å². The summed E-state index contributed by atoms with van der Waals surface area (Å²) in [6.45, 7) is 3.24. The van der Waals surface area contributed by atoms with E-state index in [0.717, 1.165) is 0 Å². The van der Waals surface area contributed by atoms with Gasteiger partial charge in [0.05, 0.1) is 0 Å². The van der Waals surface area contributed by atoms with Gasteiger partial charge in [-0.25, -0.2) is 0 Å². The van der Waals surface area contributed by atoms with Crippen molar-refractivity contribution in [1.29, 1.82) is 0 Å². The lowest BCUT2D eigenvalue weighted by molar-refractivity contribution is -0.127. The van der Waals surface area contributed by atoms with Gasteiger partial charge in [0, 0.05) is 14.0 Å². The molecular weight excluding hydrogens is 144 g/mol. The summed E-state index contributed by atoms with van der Waals surface area (Å²) in [5.74, 6) is -0.330. The van der Waals surface area contributed by atoms with E-state index in [1.165, 1.54) is 6.92 Å². The molecule has 0 fully saturated rings. The molecule has 0 saturated heterocycles. The van der Waals surface area contributed by atoms with Gasteiger partial charge in [-0.3, -0.25) is 9.59 Å². The van der Waals surface area contributed by atoms with Crippen LogP contribution in [0.4, 0.5) is 0 Å². The van der Waals surface area contributed by atoms with E-state index in [4.69, 9.17) is 0 Å². The van der Waals surface area contributed by atoms with Gasteiger partial charge in [-0.1, -0.05) is 6.92 Å². The fourth-order valence-electron chi connectivity index (χ4n) is 0.773. The Bertz CT molecular complexity index is 157. The van der Waals surface area contributed by atoms with Crippen molar-refractivity contribution in [2.24, 2.45) is 0 Å². The lowest BCUT2D eigenvalue weighted by atomic mass is 10.2. The highest BCUT2D eigenvalue weighted by molar-refractivity contribution is 5.86. The van der Waals surface area contributed by atoms with Crippen molar-refractivity contribution in [2.45, 2.75) is 26.3 Å². The Morgan fingerprint density at radius 2 is 2.00 bits per heavy atom. The number of hydrogen-bond donors (Lipinski definition) is 2. The molecule has 4 heteroatoms. The predicted molar refractivity (Wildman–Crippen MR) is 42.0 cm³/mol. The molecule has 0 spiro atoms. The first-order valence-corrected chi connectivity index (χ1v) is 3.60. The van der Waals surface area contributed by atoms with Crippen molar-refractivity contribution in [3.63, 3.8) is 0 Å². The maximum absolute atomic E-state index is 11.0. The molecule has 0 aromatic heterocycles. The molecule has 0 saturated carbocycles. The van der Waals surface area contributed by atoms with Gasteiger partial charge in [0.1, 0.15) is 6.04 Å². The molecule has 1 atom stereocenters. The van der Waals surface area contributed by atoms with Gasteiger partial charge < -0.3 is 10.6 Å². The molecule has 0 aliphatic carbocycles. The first kappa shape index (κ1) is 9.94. The third-order valence-electron chi connectivity index (χ3n) is 1.35.